The van der Waals surface area contributed by atoms with E-state index in [9.17, 15) is 19.4 Å². The first-order valence-corrected chi connectivity index (χ1v) is 13.7. The van der Waals surface area contributed by atoms with Crippen LogP contribution in [0, 0.1) is 34.4 Å². The molecule has 0 radical (unpaired) electrons. The fourth-order valence-corrected chi connectivity index (χ4v) is 9.44. The summed E-state index contributed by atoms with van der Waals surface area (Å²) in [6.07, 6.45) is 6.43. The van der Waals surface area contributed by atoms with Gasteiger partial charge in [0.05, 0.1) is 23.7 Å². The SMILES string of the molecule is CC1(C)O[C@@H]2C[C@H]3C4CCC5=Cc6c(cnn6-c6ccc(F)cc6)CC5(C)[C@H]4[C@@H](O)CC3(C)C2(C(=O)O)O1. The molecule has 2 heterocycles. The first kappa shape index (κ1) is 24.5. The van der Waals surface area contributed by atoms with Crippen molar-refractivity contribution in [1.82, 2.24) is 9.78 Å². The van der Waals surface area contributed by atoms with Crippen LogP contribution < -0.4 is 0 Å². The van der Waals surface area contributed by atoms with Crippen LogP contribution in [0.25, 0.3) is 11.8 Å². The van der Waals surface area contributed by atoms with Gasteiger partial charge in [-0.25, -0.2) is 13.9 Å². The van der Waals surface area contributed by atoms with Crippen molar-refractivity contribution in [2.45, 2.75) is 83.4 Å². The maximum Gasteiger partial charge on any atom is 0.339 e. The number of benzene rings is 1. The highest BCUT2D eigenvalue weighted by molar-refractivity contribution is 5.81. The molecule has 1 aromatic heterocycles. The normalized spacial score (nSPS) is 42.4. The molecule has 202 valence electrons. The van der Waals surface area contributed by atoms with E-state index in [4.69, 9.17) is 9.47 Å². The number of carboxylic acids is 1. The number of nitrogens with zero attached hydrogens (tertiary/aromatic N) is 2. The highest BCUT2D eigenvalue weighted by Crippen LogP contribution is 2.70. The minimum atomic E-state index is -1.46. The number of hydrogen-bond donors (Lipinski definition) is 2. The fourth-order valence-electron chi connectivity index (χ4n) is 9.44. The Morgan fingerprint density at radius 2 is 1.92 bits per heavy atom. The predicted molar refractivity (Wildman–Crippen MR) is 137 cm³/mol. The number of aliphatic carboxylic acids is 1. The van der Waals surface area contributed by atoms with E-state index in [0.29, 0.717) is 12.8 Å². The average molecular weight is 523 g/mol. The van der Waals surface area contributed by atoms with Crippen LogP contribution in [-0.4, -0.2) is 49.6 Å². The minimum Gasteiger partial charge on any atom is -0.479 e. The van der Waals surface area contributed by atoms with Crippen LogP contribution in [0.1, 0.15) is 64.6 Å². The molecule has 1 aliphatic heterocycles. The number of aromatic nitrogens is 2. The second-order valence-electron chi connectivity index (χ2n) is 13.1. The summed E-state index contributed by atoms with van der Waals surface area (Å²) in [5.74, 6) is -2.00. The van der Waals surface area contributed by atoms with Gasteiger partial charge in [-0.2, -0.15) is 5.10 Å². The minimum absolute atomic E-state index is 0.000535. The van der Waals surface area contributed by atoms with Crippen molar-refractivity contribution in [3.05, 3.63) is 53.1 Å². The lowest BCUT2D eigenvalue weighted by Gasteiger charge is -2.60. The Labute approximate surface area is 221 Å². The second-order valence-corrected chi connectivity index (χ2v) is 13.1. The number of halogens is 1. The van der Waals surface area contributed by atoms with Gasteiger partial charge in [0.25, 0.3) is 0 Å². The second kappa shape index (κ2) is 7.55. The molecule has 0 spiro atoms. The van der Waals surface area contributed by atoms with Crippen molar-refractivity contribution in [3.63, 3.8) is 0 Å². The summed E-state index contributed by atoms with van der Waals surface area (Å²) in [5.41, 5.74) is 1.79. The molecule has 1 aromatic carbocycles. The zero-order chi connectivity index (χ0) is 26.8. The molecule has 2 N–H and O–H groups in total. The van der Waals surface area contributed by atoms with E-state index in [-0.39, 0.29) is 29.0 Å². The van der Waals surface area contributed by atoms with E-state index >= 15 is 0 Å². The Balaban J connectivity index is 1.26. The smallest absolute Gasteiger partial charge is 0.339 e. The van der Waals surface area contributed by atoms with Gasteiger partial charge in [0.2, 0.25) is 0 Å². The number of hydrogen-bond acceptors (Lipinski definition) is 5. The van der Waals surface area contributed by atoms with Gasteiger partial charge in [-0.1, -0.05) is 19.4 Å². The molecule has 4 unspecified atom stereocenters. The number of aliphatic hydroxyl groups is 1. The molecule has 5 aliphatic rings. The van der Waals surface area contributed by atoms with Crippen molar-refractivity contribution < 1.29 is 28.9 Å². The van der Waals surface area contributed by atoms with Crippen molar-refractivity contribution in [2.24, 2.45) is 28.6 Å². The molecule has 0 bridgehead atoms. The van der Waals surface area contributed by atoms with Gasteiger partial charge in [0.1, 0.15) is 11.9 Å². The lowest BCUT2D eigenvalue weighted by Crippen LogP contribution is -2.63. The van der Waals surface area contributed by atoms with Crippen molar-refractivity contribution >= 4 is 12.0 Å². The summed E-state index contributed by atoms with van der Waals surface area (Å²) in [4.78, 5) is 12.9. The molecule has 1 saturated heterocycles. The highest BCUT2D eigenvalue weighted by Gasteiger charge is 2.77. The lowest BCUT2D eigenvalue weighted by molar-refractivity contribution is -0.234. The Kier molecular flexibility index (Phi) is 4.87. The van der Waals surface area contributed by atoms with Crippen LogP contribution in [0.15, 0.2) is 36.0 Å². The first-order valence-electron chi connectivity index (χ1n) is 13.7. The topological polar surface area (TPSA) is 93.8 Å². The molecule has 4 fully saturated rings. The number of carbonyl (C=O) groups is 1. The number of ether oxygens (including phenoxy) is 2. The van der Waals surface area contributed by atoms with Gasteiger partial charge >= 0.3 is 5.97 Å². The summed E-state index contributed by atoms with van der Waals surface area (Å²) >= 11 is 0. The number of allylic oxidation sites excluding steroid dienone is 1. The lowest BCUT2D eigenvalue weighted by atomic mass is 9.45. The Bertz CT molecular complexity index is 1370. The Morgan fingerprint density at radius 3 is 2.63 bits per heavy atom. The van der Waals surface area contributed by atoms with Gasteiger partial charge in [-0.3, -0.25) is 0 Å². The average Bonchev–Trinajstić information content (AvgIpc) is 3.44. The Morgan fingerprint density at radius 1 is 1.18 bits per heavy atom. The molecular weight excluding hydrogens is 487 g/mol. The van der Waals surface area contributed by atoms with Crippen LogP contribution in [0.3, 0.4) is 0 Å². The van der Waals surface area contributed by atoms with Gasteiger partial charge < -0.3 is 19.7 Å². The quantitative estimate of drug-likeness (QED) is 0.591. The van der Waals surface area contributed by atoms with Crippen molar-refractivity contribution in [3.8, 4) is 5.69 Å². The maximum absolute atomic E-state index is 13.5. The van der Waals surface area contributed by atoms with Crippen LogP contribution in [0.5, 0.6) is 0 Å². The Hall–Kier alpha value is -2.55. The third-order valence-corrected chi connectivity index (χ3v) is 10.8. The molecule has 38 heavy (non-hydrogen) atoms. The first-order chi connectivity index (χ1) is 17.9. The molecule has 8 atom stereocenters. The van der Waals surface area contributed by atoms with E-state index in [1.54, 1.807) is 26.0 Å². The molecular formula is C30H35FN2O5. The zero-order valence-corrected chi connectivity index (χ0v) is 22.3. The van der Waals surface area contributed by atoms with Gasteiger partial charge in [0, 0.05) is 5.41 Å². The molecule has 2 aromatic rings. The molecule has 7 nitrogen and oxygen atoms in total. The monoisotopic (exact) mass is 522 g/mol. The number of rotatable bonds is 2. The largest absolute Gasteiger partial charge is 0.479 e. The summed E-state index contributed by atoms with van der Waals surface area (Å²) in [6, 6.07) is 6.36. The van der Waals surface area contributed by atoms with Crippen LogP contribution in [-0.2, 0) is 20.7 Å². The van der Waals surface area contributed by atoms with E-state index in [1.165, 1.54) is 17.7 Å². The summed E-state index contributed by atoms with van der Waals surface area (Å²) < 4.78 is 27.9. The summed E-state index contributed by atoms with van der Waals surface area (Å²) in [7, 11) is 0. The van der Waals surface area contributed by atoms with E-state index in [0.717, 1.165) is 36.2 Å². The molecule has 3 saturated carbocycles. The number of carboxylic acid groups (broad SMARTS) is 1. The maximum atomic E-state index is 13.5. The van der Waals surface area contributed by atoms with E-state index in [2.05, 4.69) is 18.1 Å². The van der Waals surface area contributed by atoms with Crippen LogP contribution in [0.4, 0.5) is 4.39 Å². The van der Waals surface area contributed by atoms with Gasteiger partial charge in [-0.05, 0) is 105 Å². The van der Waals surface area contributed by atoms with Gasteiger partial charge in [-0.15, -0.1) is 0 Å². The number of aliphatic hydroxyl groups excluding tert-OH is 1. The predicted octanol–water partition coefficient (Wildman–Crippen LogP) is 4.75. The highest BCUT2D eigenvalue weighted by atomic mass is 19.1. The van der Waals surface area contributed by atoms with E-state index in [1.807, 2.05) is 17.8 Å². The summed E-state index contributed by atoms with van der Waals surface area (Å²) in [5, 5.41) is 27.0. The van der Waals surface area contributed by atoms with E-state index < -0.39 is 35.0 Å². The van der Waals surface area contributed by atoms with Crippen LogP contribution in [0.2, 0.25) is 0 Å². The van der Waals surface area contributed by atoms with Crippen molar-refractivity contribution in [1.29, 1.82) is 0 Å². The third kappa shape index (κ3) is 2.94. The molecule has 4 aliphatic carbocycles. The summed E-state index contributed by atoms with van der Waals surface area (Å²) in [6.45, 7) is 7.83. The zero-order valence-electron chi connectivity index (χ0n) is 22.3. The van der Waals surface area contributed by atoms with Crippen LogP contribution >= 0.6 is 0 Å². The number of fused-ring (bicyclic) bond motifs is 8. The van der Waals surface area contributed by atoms with Gasteiger partial charge in [0.15, 0.2) is 11.4 Å². The third-order valence-electron chi connectivity index (χ3n) is 10.8. The molecule has 7 rings (SSSR count). The fraction of sp³-hybridized carbons (Fsp3) is 0.600. The van der Waals surface area contributed by atoms with Crippen molar-refractivity contribution in [2.75, 3.05) is 0 Å². The molecule has 0 amide bonds. The molecule has 8 heteroatoms. The standard InChI is InChI=1S/C30H35FN2O5/c1-27(2)37-24-12-21-20-10-5-17-11-22-16(15-32-33(22)19-8-6-18(31)7-9-19)13-28(17,3)25(20)23(34)14-29(21,4)30(24,38-27)26(35)36/h6-9,11,15,20-21,23-25,34H,5,10,12-14H2,1-4H3,(H,35,36)/t20?,21-,23-,24+,25+,28?,29?,30?/m0/s1.